The molecular weight excluding hydrogens is 332 g/mol. The SMILES string of the molecule is CCCCCCCN(CCc1cs[c]n1)c1ncc([N+](=O)[O-])s1. The van der Waals surface area contributed by atoms with Crippen molar-refractivity contribution < 1.29 is 4.92 Å². The van der Waals surface area contributed by atoms with Crippen LogP contribution >= 0.6 is 22.7 Å². The Balaban J connectivity index is 1.93. The molecule has 0 amide bonds. The van der Waals surface area contributed by atoms with Crippen LogP contribution in [0, 0.1) is 15.6 Å². The molecule has 0 N–H and O–H groups in total. The maximum atomic E-state index is 10.9. The lowest BCUT2D eigenvalue weighted by molar-refractivity contribution is -0.380. The number of nitrogens with zero attached hydrogens (tertiary/aromatic N) is 4. The zero-order valence-electron chi connectivity index (χ0n) is 13.2. The number of aromatic nitrogens is 2. The number of hydrogen-bond donors (Lipinski definition) is 0. The van der Waals surface area contributed by atoms with Crippen molar-refractivity contribution in [3.05, 3.63) is 32.9 Å². The molecule has 2 rings (SSSR count). The van der Waals surface area contributed by atoms with Gasteiger partial charge in [0, 0.05) is 24.9 Å². The standard InChI is InChI=1S/C15H21N4O2S2/c1-2-3-4-5-6-8-18(9-7-13-11-22-12-17-13)15-16-10-14(23-15)19(20)21/h10-11H,2-9H2,1H3. The van der Waals surface area contributed by atoms with Gasteiger partial charge in [0.15, 0.2) is 10.6 Å². The normalized spacial score (nSPS) is 10.8. The smallest absolute Gasteiger partial charge is 0.345 e. The molecule has 0 bridgehead atoms. The summed E-state index contributed by atoms with van der Waals surface area (Å²) in [4.78, 5) is 21.0. The lowest BCUT2D eigenvalue weighted by atomic mass is 10.1. The lowest BCUT2D eigenvalue weighted by Gasteiger charge is -2.21. The van der Waals surface area contributed by atoms with Crippen LogP contribution in [-0.4, -0.2) is 28.0 Å². The zero-order chi connectivity index (χ0) is 16.5. The molecular formula is C15H21N4O2S2. The Hall–Kier alpha value is -1.54. The number of unbranched alkanes of at least 4 members (excludes halogenated alkanes) is 4. The third-order valence-corrected chi connectivity index (χ3v) is 5.13. The van der Waals surface area contributed by atoms with Crippen molar-refractivity contribution in [1.29, 1.82) is 0 Å². The number of thiazole rings is 2. The Bertz CT molecular complexity index is 586. The van der Waals surface area contributed by atoms with Crippen LogP contribution in [0.25, 0.3) is 0 Å². The van der Waals surface area contributed by atoms with Gasteiger partial charge in [-0.25, -0.2) is 9.97 Å². The second kappa shape index (κ2) is 9.57. The maximum absolute atomic E-state index is 10.9. The number of nitro groups is 1. The highest BCUT2D eigenvalue weighted by molar-refractivity contribution is 7.18. The monoisotopic (exact) mass is 353 g/mol. The molecule has 125 valence electrons. The van der Waals surface area contributed by atoms with Crippen LogP contribution in [0.15, 0.2) is 11.6 Å². The molecule has 0 saturated carbocycles. The average Bonchev–Trinajstić information content (AvgIpc) is 3.21. The molecule has 0 aliphatic rings. The van der Waals surface area contributed by atoms with Gasteiger partial charge in [-0.15, -0.1) is 11.3 Å². The highest BCUT2D eigenvalue weighted by atomic mass is 32.1. The van der Waals surface area contributed by atoms with Gasteiger partial charge >= 0.3 is 5.00 Å². The molecule has 2 aromatic rings. The first-order valence-corrected chi connectivity index (χ1v) is 9.56. The van der Waals surface area contributed by atoms with E-state index in [1.807, 2.05) is 5.38 Å². The first kappa shape index (κ1) is 17.8. The predicted molar refractivity (Wildman–Crippen MR) is 94.4 cm³/mol. The van der Waals surface area contributed by atoms with Crippen molar-refractivity contribution in [2.75, 3.05) is 18.0 Å². The largest absolute Gasteiger partial charge is 0.348 e. The topological polar surface area (TPSA) is 72.2 Å². The Morgan fingerprint density at radius 1 is 1.30 bits per heavy atom. The van der Waals surface area contributed by atoms with Crippen LogP contribution in [0.5, 0.6) is 0 Å². The molecule has 23 heavy (non-hydrogen) atoms. The molecule has 1 radical (unpaired) electrons. The summed E-state index contributed by atoms with van der Waals surface area (Å²) in [6, 6.07) is 0. The second-order valence-corrected chi connectivity index (χ2v) is 6.96. The van der Waals surface area contributed by atoms with Crippen LogP contribution < -0.4 is 4.90 Å². The summed E-state index contributed by atoms with van der Waals surface area (Å²) >= 11 is 2.61. The van der Waals surface area contributed by atoms with E-state index >= 15 is 0 Å². The summed E-state index contributed by atoms with van der Waals surface area (Å²) in [6.45, 7) is 3.85. The zero-order valence-corrected chi connectivity index (χ0v) is 14.9. The van der Waals surface area contributed by atoms with E-state index in [-0.39, 0.29) is 9.92 Å². The summed E-state index contributed by atoms with van der Waals surface area (Å²) in [5.41, 5.74) is 3.86. The summed E-state index contributed by atoms with van der Waals surface area (Å²) in [6.07, 6.45) is 8.14. The van der Waals surface area contributed by atoms with E-state index in [2.05, 4.69) is 27.3 Å². The van der Waals surface area contributed by atoms with Crippen molar-refractivity contribution in [2.24, 2.45) is 0 Å². The minimum Gasteiger partial charge on any atom is -0.348 e. The van der Waals surface area contributed by atoms with E-state index in [1.54, 1.807) is 0 Å². The molecule has 2 heterocycles. The minimum atomic E-state index is -0.379. The van der Waals surface area contributed by atoms with Crippen molar-refractivity contribution in [1.82, 2.24) is 9.97 Å². The molecule has 0 atom stereocenters. The van der Waals surface area contributed by atoms with E-state index in [1.165, 1.54) is 43.2 Å². The third kappa shape index (κ3) is 5.87. The van der Waals surface area contributed by atoms with Gasteiger partial charge < -0.3 is 4.90 Å². The van der Waals surface area contributed by atoms with E-state index in [4.69, 9.17) is 0 Å². The van der Waals surface area contributed by atoms with E-state index in [9.17, 15) is 10.1 Å². The second-order valence-electron chi connectivity index (χ2n) is 5.32. The predicted octanol–water partition coefficient (Wildman–Crippen LogP) is 4.33. The number of anilines is 1. The van der Waals surface area contributed by atoms with Crippen LogP contribution in [-0.2, 0) is 6.42 Å². The molecule has 0 aliphatic carbocycles. The molecule has 2 aromatic heterocycles. The van der Waals surface area contributed by atoms with Gasteiger partial charge in [0.1, 0.15) is 6.20 Å². The molecule has 0 aromatic carbocycles. The minimum absolute atomic E-state index is 0.0953. The van der Waals surface area contributed by atoms with Crippen molar-refractivity contribution in [2.45, 2.75) is 45.4 Å². The molecule has 6 nitrogen and oxygen atoms in total. The van der Waals surface area contributed by atoms with Crippen molar-refractivity contribution in [3.63, 3.8) is 0 Å². The first-order chi connectivity index (χ1) is 11.2. The van der Waals surface area contributed by atoms with Crippen LogP contribution in [0.1, 0.15) is 44.7 Å². The average molecular weight is 353 g/mol. The van der Waals surface area contributed by atoms with Gasteiger partial charge in [-0.05, 0) is 17.8 Å². The number of rotatable bonds is 11. The third-order valence-electron chi connectivity index (χ3n) is 3.54. The Morgan fingerprint density at radius 2 is 2.13 bits per heavy atom. The van der Waals surface area contributed by atoms with Gasteiger partial charge in [0.05, 0.1) is 10.6 Å². The fraction of sp³-hybridized carbons (Fsp3) is 0.600. The molecule has 0 saturated heterocycles. The highest BCUT2D eigenvalue weighted by Gasteiger charge is 2.17. The summed E-state index contributed by atoms with van der Waals surface area (Å²) in [5, 5.41) is 13.7. The Morgan fingerprint density at radius 3 is 2.78 bits per heavy atom. The highest BCUT2D eigenvalue weighted by Crippen LogP contribution is 2.28. The van der Waals surface area contributed by atoms with Crippen LogP contribution in [0.2, 0.25) is 0 Å². The van der Waals surface area contributed by atoms with Crippen LogP contribution in [0.3, 0.4) is 0 Å². The van der Waals surface area contributed by atoms with E-state index in [0.717, 1.165) is 48.1 Å². The van der Waals surface area contributed by atoms with E-state index in [0.29, 0.717) is 0 Å². The lowest BCUT2D eigenvalue weighted by Crippen LogP contribution is -2.27. The van der Waals surface area contributed by atoms with Crippen molar-refractivity contribution >= 4 is 32.8 Å². The summed E-state index contributed by atoms with van der Waals surface area (Å²) in [5.74, 6) is 0. The van der Waals surface area contributed by atoms with Gasteiger partial charge in [0.25, 0.3) is 0 Å². The molecule has 0 spiro atoms. The van der Waals surface area contributed by atoms with E-state index < -0.39 is 0 Å². The quantitative estimate of drug-likeness (QED) is 0.341. The summed E-state index contributed by atoms with van der Waals surface area (Å²) in [7, 11) is 0. The fourth-order valence-corrected chi connectivity index (χ4v) is 3.58. The summed E-state index contributed by atoms with van der Waals surface area (Å²) < 4.78 is 0. The molecule has 0 fully saturated rings. The first-order valence-electron chi connectivity index (χ1n) is 7.86. The van der Waals surface area contributed by atoms with Crippen molar-refractivity contribution in [3.8, 4) is 0 Å². The molecule has 0 unspecified atom stereocenters. The van der Waals surface area contributed by atoms with Crippen LogP contribution in [0.4, 0.5) is 10.1 Å². The fourth-order valence-electron chi connectivity index (χ4n) is 2.27. The van der Waals surface area contributed by atoms with Gasteiger partial charge in [-0.2, -0.15) is 0 Å². The molecule has 8 heteroatoms. The van der Waals surface area contributed by atoms with Gasteiger partial charge in [-0.3, -0.25) is 10.1 Å². The Labute approximate surface area is 144 Å². The van der Waals surface area contributed by atoms with Gasteiger partial charge in [-0.1, -0.05) is 32.6 Å². The molecule has 0 aliphatic heterocycles. The van der Waals surface area contributed by atoms with Gasteiger partial charge in [0.2, 0.25) is 0 Å². The Kier molecular flexibility index (Phi) is 7.41. The number of hydrogen-bond acceptors (Lipinski definition) is 7. The maximum Gasteiger partial charge on any atom is 0.345 e.